The van der Waals surface area contributed by atoms with E-state index in [1.807, 2.05) is 38.4 Å². The fourth-order valence-electron chi connectivity index (χ4n) is 3.56. The summed E-state index contributed by atoms with van der Waals surface area (Å²) in [7, 11) is 3.98. The van der Waals surface area contributed by atoms with Crippen molar-refractivity contribution in [2.24, 2.45) is 24.1 Å². The average molecular weight is 462 g/mol. The third-order valence-corrected chi connectivity index (χ3v) is 7.55. The Morgan fingerprint density at radius 1 is 0.781 bits per heavy atom. The Morgan fingerprint density at radius 2 is 1.25 bits per heavy atom. The molecule has 0 aliphatic heterocycles. The first-order chi connectivity index (χ1) is 15.5. The molecule has 0 spiro atoms. The Hall–Kier alpha value is -3.56. The SMILES string of the molecule is Cn1c(=NC(N=c2sc3ccccc3n2C)c2ccc([N+](=O)[O-])cc2)sc2ccccc21. The van der Waals surface area contributed by atoms with E-state index in [0.717, 1.165) is 35.6 Å². The topological polar surface area (TPSA) is 77.7 Å². The molecule has 0 unspecified atom stereocenters. The Labute approximate surface area is 191 Å². The third-order valence-electron chi connectivity index (χ3n) is 5.30. The highest BCUT2D eigenvalue weighted by molar-refractivity contribution is 7.16. The van der Waals surface area contributed by atoms with Crippen LogP contribution in [0.3, 0.4) is 0 Å². The van der Waals surface area contributed by atoms with Gasteiger partial charge in [-0.05, 0) is 42.0 Å². The fraction of sp³-hybridized carbons (Fsp3) is 0.130. The molecule has 9 heteroatoms. The molecule has 0 bridgehead atoms. The van der Waals surface area contributed by atoms with E-state index in [-0.39, 0.29) is 5.69 Å². The normalized spacial score (nSPS) is 13.8. The molecule has 32 heavy (non-hydrogen) atoms. The molecule has 0 saturated carbocycles. The molecule has 0 aliphatic carbocycles. The van der Waals surface area contributed by atoms with Crippen molar-refractivity contribution in [3.63, 3.8) is 0 Å². The standard InChI is InChI=1S/C23H19N5O2S2/c1-26-17-7-3-5-9-19(17)31-22(26)24-21(15-11-13-16(14-12-15)28(29)30)25-23-27(2)18-8-4-6-10-20(18)32-23/h3-14,21H,1-2H3. The molecular formula is C23H19N5O2S2. The van der Waals surface area contributed by atoms with Gasteiger partial charge in [-0.1, -0.05) is 46.9 Å². The second kappa shape index (κ2) is 8.18. The summed E-state index contributed by atoms with van der Waals surface area (Å²) in [4.78, 5) is 22.4. The van der Waals surface area contributed by atoms with Crippen LogP contribution in [0.25, 0.3) is 20.4 Å². The third kappa shape index (κ3) is 3.65. The molecule has 7 nitrogen and oxygen atoms in total. The number of rotatable bonds is 4. The number of nitro groups is 1. The van der Waals surface area contributed by atoms with Crippen LogP contribution in [-0.2, 0) is 14.1 Å². The molecule has 0 N–H and O–H groups in total. The zero-order chi connectivity index (χ0) is 22.2. The van der Waals surface area contributed by atoms with E-state index in [1.165, 1.54) is 12.1 Å². The predicted molar refractivity (Wildman–Crippen MR) is 129 cm³/mol. The largest absolute Gasteiger partial charge is 0.320 e. The first kappa shape index (κ1) is 20.3. The predicted octanol–water partition coefficient (Wildman–Crippen LogP) is 4.90. The highest BCUT2D eigenvalue weighted by Gasteiger charge is 2.14. The van der Waals surface area contributed by atoms with Crippen LogP contribution < -0.4 is 9.60 Å². The number of hydrogen-bond acceptors (Lipinski definition) is 6. The van der Waals surface area contributed by atoms with E-state index in [4.69, 9.17) is 9.98 Å². The lowest BCUT2D eigenvalue weighted by atomic mass is 10.1. The first-order valence-electron chi connectivity index (χ1n) is 9.92. The number of thiazole rings is 2. The van der Waals surface area contributed by atoms with Gasteiger partial charge in [0.15, 0.2) is 15.8 Å². The molecule has 2 aromatic heterocycles. The van der Waals surface area contributed by atoms with Crippen molar-refractivity contribution in [3.8, 4) is 0 Å². The lowest BCUT2D eigenvalue weighted by molar-refractivity contribution is -0.384. The van der Waals surface area contributed by atoms with Crippen molar-refractivity contribution < 1.29 is 4.92 Å². The number of non-ortho nitro benzene ring substituents is 1. The summed E-state index contributed by atoms with van der Waals surface area (Å²) in [5.74, 6) is 0. The quantitative estimate of drug-likeness (QED) is 0.282. The van der Waals surface area contributed by atoms with Crippen LogP contribution in [0, 0.1) is 10.1 Å². The van der Waals surface area contributed by atoms with Gasteiger partial charge in [-0.2, -0.15) is 0 Å². The molecule has 0 amide bonds. The minimum Gasteiger partial charge on any atom is -0.320 e. The molecular weight excluding hydrogens is 442 g/mol. The number of aromatic nitrogens is 2. The summed E-state index contributed by atoms with van der Waals surface area (Å²) >= 11 is 3.20. The summed E-state index contributed by atoms with van der Waals surface area (Å²) in [5, 5.41) is 11.1. The maximum absolute atomic E-state index is 11.1. The van der Waals surface area contributed by atoms with Gasteiger partial charge >= 0.3 is 0 Å². The van der Waals surface area contributed by atoms with Gasteiger partial charge in [0.25, 0.3) is 5.69 Å². The van der Waals surface area contributed by atoms with Crippen LogP contribution in [0.2, 0.25) is 0 Å². The zero-order valence-electron chi connectivity index (χ0n) is 17.4. The average Bonchev–Trinajstić information content (AvgIpc) is 3.30. The van der Waals surface area contributed by atoms with Crippen molar-refractivity contribution in [2.75, 3.05) is 0 Å². The minimum atomic E-state index is -0.533. The number of aryl methyl sites for hydroxylation is 2. The summed E-state index contributed by atoms with van der Waals surface area (Å²) in [6.07, 6.45) is -0.533. The van der Waals surface area contributed by atoms with Gasteiger partial charge in [0, 0.05) is 26.2 Å². The van der Waals surface area contributed by atoms with E-state index < -0.39 is 11.1 Å². The number of fused-ring (bicyclic) bond motifs is 2. The van der Waals surface area contributed by atoms with Gasteiger partial charge in [0.2, 0.25) is 0 Å². The Kier molecular flexibility index (Phi) is 5.20. The second-order valence-electron chi connectivity index (χ2n) is 7.30. The highest BCUT2D eigenvalue weighted by atomic mass is 32.1. The van der Waals surface area contributed by atoms with Gasteiger partial charge in [0.1, 0.15) is 0 Å². The molecule has 5 aromatic rings. The summed E-state index contributed by atoms with van der Waals surface area (Å²) in [5.41, 5.74) is 3.05. The van der Waals surface area contributed by atoms with Crippen molar-refractivity contribution in [3.05, 3.63) is 98.1 Å². The van der Waals surface area contributed by atoms with Gasteiger partial charge in [-0.25, -0.2) is 9.98 Å². The highest BCUT2D eigenvalue weighted by Crippen LogP contribution is 2.24. The summed E-state index contributed by atoms with van der Waals surface area (Å²) in [6.45, 7) is 0. The summed E-state index contributed by atoms with van der Waals surface area (Å²) < 4.78 is 6.39. The van der Waals surface area contributed by atoms with Crippen LogP contribution in [0.5, 0.6) is 0 Å². The molecule has 0 fully saturated rings. The maximum Gasteiger partial charge on any atom is 0.269 e. The molecule has 3 aromatic carbocycles. The van der Waals surface area contributed by atoms with Gasteiger partial charge in [-0.3, -0.25) is 10.1 Å². The Balaban J connectivity index is 1.72. The first-order valence-corrected chi connectivity index (χ1v) is 11.6. The number of nitro benzene ring substituents is 1. The number of benzene rings is 3. The van der Waals surface area contributed by atoms with Crippen LogP contribution in [0.1, 0.15) is 11.7 Å². The molecule has 0 aliphatic rings. The molecule has 2 heterocycles. The smallest absolute Gasteiger partial charge is 0.269 e. The van der Waals surface area contributed by atoms with E-state index in [9.17, 15) is 10.1 Å². The fourth-order valence-corrected chi connectivity index (χ4v) is 5.64. The van der Waals surface area contributed by atoms with E-state index in [1.54, 1.807) is 34.8 Å². The van der Waals surface area contributed by atoms with Crippen molar-refractivity contribution in [1.82, 2.24) is 9.13 Å². The van der Waals surface area contributed by atoms with E-state index in [2.05, 4.69) is 33.4 Å². The lowest BCUT2D eigenvalue weighted by Crippen LogP contribution is -2.16. The number of nitrogens with zero attached hydrogens (tertiary/aromatic N) is 5. The van der Waals surface area contributed by atoms with E-state index in [0.29, 0.717) is 0 Å². The van der Waals surface area contributed by atoms with Gasteiger partial charge < -0.3 is 9.13 Å². The number of para-hydroxylation sites is 2. The van der Waals surface area contributed by atoms with Crippen molar-refractivity contribution in [2.45, 2.75) is 6.17 Å². The van der Waals surface area contributed by atoms with Gasteiger partial charge in [0.05, 0.1) is 25.4 Å². The molecule has 160 valence electrons. The monoisotopic (exact) mass is 461 g/mol. The Bertz CT molecular complexity index is 1500. The van der Waals surface area contributed by atoms with E-state index >= 15 is 0 Å². The number of hydrogen-bond donors (Lipinski definition) is 0. The van der Waals surface area contributed by atoms with Gasteiger partial charge in [-0.15, -0.1) is 0 Å². The summed E-state index contributed by atoms with van der Waals surface area (Å²) in [6, 6.07) is 22.8. The lowest BCUT2D eigenvalue weighted by Gasteiger charge is -2.08. The molecule has 0 atom stereocenters. The minimum absolute atomic E-state index is 0.0485. The van der Waals surface area contributed by atoms with Crippen molar-refractivity contribution in [1.29, 1.82) is 0 Å². The molecule has 0 radical (unpaired) electrons. The van der Waals surface area contributed by atoms with Crippen molar-refractivity contribution >= 4 is 48.8 Å². The molecule has 0 saturated heterocycles. The molecule has 5 rings (SSSR count). The van der Waals surface area contributed by atoms with Crippen LogP contribution in [-0.4, -0.2) is 14.1 Å². The van der Waals surface area contributed by atoms with Crippen LogP contribution in [0.15, 0.2) is 82.8 Å². The zero-order valence-corrected chi connectivity index (χ0v) is 19.0. The van der Waals surface area contributed by atoms with Crippen LogP contribution in [0.4, 0.5) is 5.69 Å². The Morgan fingerprint density at radius 3 is 1.69 bits per heavy atom. The van der Waals surface area contributed by atoms with Crippen LogP contribution >= 0.6 is 22.7 Å². The maximum atomic E-state index is 11.1. The second-order valence-corrected chi connectivity index (χ2v) is 9.32.